The highest BCUT2D eigenvalue weighted by Crippen LogP contribution is 2.49. The van der Waals surface area contributed by atoms with Crippen molar-refractivity contribution in [1.29, 1.82) is 0 Å². The molecule has 0 aromatic carbocycles. The van der Waals surface area contributed by atoms with Gasteiger partial charge in [-0.2, -0.15) is 0 Å². The van der Waals surface area contributed by atoms with Crippen LogP contribution in [0.4, 0.5) is 0 Å². The van der Waals surface area contributed by atoms with Crippen molar-refractivity contribution in [2.24, 2.45) is 23.7 Å². The molecule has 4 nitrogen and oxygen atoms in total. The second kappa shape index (κ2) is 5.58. The molecule has 4 heteroatoms. The summed E-state index contributed by atoms with van der Waals surface area (Å²) in [5.74, 6) is 0.808. The predicted molar refractivity (Wildman–Crippen MR) is 74.7 cm³/mol. The standard InChI is InChI=1S/C16H23NO3/c1-20-16(19)13-11-7-8-12(9-11)14(13)17-15(18)10-5-3-2-4-6-10/h2-3,10-14H,4-9H2,1H3,(H,17,18)/t10-,11-,12-,13+,14+/m0/s1. The van der Waals surface area contributed by atoms with Gasteiger partial charge in [-0.3, -0.25) is 9.59 Å². The van der Waals surface area contributed by atoms with Crippen LogP contribution in [0.15, 0.2) is 12.2 Å². The molecule has 3 aliphatic rings. The fourth-order valence-electron chi connectivity index (χ4n) is 4.29. The van der Waals surface area contributed by atoms with E-state index < -0.39 is 0 Å². The van der Waals surface area contributed by atoms with Crippen LogP contribution in [0.25, 0.3) is 0 Å². The zero-order chi connectivity index (χ0) is 14.1. The van der Waals surface area contributed by atoms with Crippen LogP contribution in [-0.2, 0) is 14.3 Å². The summed E-state index contributed by atoms with van der Waals surface area (Å²) in [5, 5.41) is 3.17. The minimum Gasteiger partial charge on any atom is -0.469 e. The van der Waals surface area contributed by atoms with Crippen LogP contribution in [0.2, 0.25) is 0 Å². The van der Waals surface area contributed by atoms with Crippen LogP contribution in [0.1, 0.15) is 38.5 Å². The van der Waals surface area contributed by atoms with Gasteiger partial charge in [-0.1, -0.05) is 12.2 Å². The van der Waals surface area contributed by atoms with Crippen LogP contribution < -0.4 is 5.32 Å². The molecule has 2 bridgehead atoms. The number of amides is 1. The van der Waals surface area contributed by atoms with Crippen molar-refractivity contribution >= 4 is 11.9 Å². The minimum atomic E-state index is -0.147. The lowest BCUT2D eigenvalue weighted by molar-refractivity contribution is -0.148. The van der Waals surface area contributed by atoms with E-state index in [-0.39, 0.29) is 29.8 Å². The summed E-state index contributed by atoms with van der Waals surface area (Å²) in [6.45, 7) is 0. The first-order chi connectivity index (χ1) is 9.70. The van der Waals surface area contributed by atoms with Gasteiger partial charge in [-0.05, 0) is 50.4 Å². The molecule has 5 atom stereocenters. The number of hydrogen-bond acceptors (Lipinski definition) is 3. The van der Waals surface area contributed by atoms with Crippen molar-refractivity contribution < 1.29 is 14.3 Å². The van der Waals surface area contributed by atoms with Crippen molar-refractivity contribution in [3.8, 4) is 0 Å². The van der Waals surface area contributed by atoms with Gasteiger partial charge in [0.2, 0.25) is 5.91 Å². The molecular formula is C16H23NO3. The number of hydrogen-bond donors (Lipinski definition) is 1. The number of nitrogens with one attached hydrogen (secondary N) is 1. The van der Waals surface area contributed by atoms with E-state index in [1.54, 1.807) is 0 Å². The Hall–Kier alpha value is -1.32. The van der Waals surface area contributed by atoms with Gasteiger partial charge < -0.3 is 10.1 Å². The highest BCUT2D eigenvalue weighted by Gasteiger charge is 2.52. The van der Waals surface area contributed by atoms with E-state index in [1.807, 2.05) is 0 Å². The summed E-state index contributed by atoms with van der Waals surface area (Å²) in [6, 6.07) is -0.000365. The monoisotopic (exact) mass is 277 g/mol. The van der Waals surface area contributed by atoms with Crippen molar-refractivity contribution in [3.05, 3.63) is 12.2 Å². The zero-order valence-corrected chi connectivity index (χ0v) is 12.0. The molecule has 0 aromatic heterocycles. The molecule has 20 heavy (non-hydrogen) atoms. The highest BCUT2D eigenvalue weighted by molar-refractivity contribution is 5.81. The van der Waals surface area contributed by atoms with Crippen molar-refractivity contribution in [2.45, 2.75) is 44.6 Å². The van der Waals surface area contributed by atoms with Gasteiger partial charge in [0.25, 0.3) is 0 Å². The summed E-state index contributed by atoms with van der Waals surface area (Å²) in [6.07, 6.45) is 10.3. The molecule has 1 amide bonds. The SMILES string of the molecule is COC(=O)[C@@H]1[C@H]2CC[C@@H](C2)[C@H]1NC(=O)[C@H]1CC=CCC1. The number of esters is 1. The first kappa shape index (κ1) is 13.7. The molecule has 3 rings (SSSR count). The van der Waals surface area contributed by atoms with Crippen LogP contribution >= 0.6 is 0 Å². The maximum atomic E-state index is 12.4. The fourth-order valence-corrected chi connectivity index (χ4v) is 4.29. The van der Waals surface area contributed by atoms with E-state index >= 15 is 0 Å². The van der Waals surface area contributed by atoms with E-state index in [2.05, 4.69) is 17.5 Å². The summed E-state index contributed by atoms with van der Waals surface area (Å²) < 4.78 is 4.94. The molecule has 0 unspecified atom stereocenters. The van der Waals surface area contributed by atoms with Gasteiger partial charge in [-0.25, -0.2) is 0 Å². The Kier molecular flexibility index (Phi) is 3.81. The van der Waals surface area contributed by atoms with E-state index in [4.69, 9.17) is 4.74 Å². The Bertz CT molecular complexity index is 431. The Morgan fingerprint density at radius 2 is 1.95 bits per heavy atom. The highest BCUT2D eigenvalue weighted by atomic mass is 16.5. The fraction of sp³-hybridized carbons (Fsp3) is 0.750. The third kappa shape index (κ3) is 2.36. The molecule has 0 saturated heterocycles. The topological polar surface area (TPSA) is 55.4 Å². The van der Waals surface area contributed by atoms with Gasteiger partial charge in [-0.15, -0.1) is 0 Å². The quantitative estimate of drug-likeness (QED) is 0.634. The molecule has 2 saturated carbocycles. The number of carbonyl (C=O) groups is 2. The first-order valence-corrected chi connectivity index (χ1v) is 7.74. The molecule has 2 fully saturated rings. The third-order valence-corrected chi connectivity index (χ3v) is 5.34. The van der Waals surface area contributed by atoms with Crippen LogP contribution in [0.5, 0.6) is 0 Å². The summed E-state index contributed by atoms with van der Waals surface area (Å²) >= 11 is 0. The number of methoxy groups -OCH3 is 1. The lowest BCUT2D eigenvalue weighted by Crippen LogP contribution is -2.49. The van der Waals surface area contributed by atoms with E-state index in [9.17, 15) is 9.59 Å². The molecule has 1 N–H and O–H groups in total. The molecular weight excluding hydrogens is 254 g/mol. The Morgan fingerprint density at radius 3 is 2.65 bits per heavy atom. The lowest BCUT2D eigenvalue weighted by atomic mass is 9.83. The molecule has 0 spiro atoms. The number of carbonyl (C=O) groups excluding carboxylic acids is 2. The van der Waals surface area contributed by atoms with Gasteiger partial charge >= 0.3 is 5.97 Å². The van der Waals surface area contributed by atoms with Crippen LogP contribution in [0.3, 0.4) is 0 Å². The Labute approximate surface area is 119 Å². The Morgan fingerprint density at radius 1 is 1.15 bits per heavy atom. The van der Waals surface area contributed by atoms with Crippen molar-refractivity contribution in [1.82, 2.24) is 5.32 Å². The van der Waals surface area contributed by atoms with Crippen LogP contribution in [0, 0.1) is 23.7 Å². The molecule has 110 valence electrons. The number of allylic oxidation sites excluding steroid dienone is 2. The summed E-state index contributed by atoms with van der Waals surface area (Å²) in [5.41, 5.74) is 0. The van der Waals surface area contributed by atoms with Crippen molar-refractivity contribution in [3.63, 3.8) is 0 Å². The zero-order valence-electron chi connectivity index (χ0n) is 12.0. The maximum absolute atomic E-state index is 12.4. The van der Waals surface area contributed by atoms with Gasteiger partial charge in [0, 0.05) is 12.0 Å². The first-order valence-electron chi connectivity index (χ1n) is 7.74. The predicted octanol–water partition coefficient (Wildman–Crippen LogP) is 2.05. The number of rotatable bonds is 3. The van der Waals surface area contributed by atoms with Crippen LogP contribution in [-0.4, -0.2) is 25.0 Å². The number of fused-ring (bicyclic) bond motifs is 2. The average molecular weight is 277 g/mol. The lowest BCUT2D eigenvalue weighted by Gasteiger charge is -2.31. The smallest absolute Gasteiger partial charge is 0.311 e. The normalized spacial score (nSPS) is 38.8. The molecule has 0 radical (unpaired) electrons. The second-order valence-corrected chi connectivity index (χ2v) is 6.40. The van der Waals surface area contributed by atoms with Crippen molar-refractivity contribution in [2.75, 3.05) is 7.11 Å². The molecule has 0 aromatic rings. The third-order valence-electron chi connectivity index (χ3n) is 5.34. The summed E-state index contributed by atoms with van der Waals surface area (Å²) in [7, 11) is 1.44. The van der Waals surface area contributed by atoms with Gasteiger partial charge in [0.05, 0.1) is 13.0 Å². The minimum absolute atomic E-state index is 0.000365. The molecule has 0 aliphatic heterocycles. The maximum Gasteiger partial charge on any atom is 0.311 e. The van der Waals surface area contributed by atoms with E-state index in [1.165, 1.54) is 7.11 Å². The van der Waals surface area contributed by atoms with Gasteiger partial charge in [0.1, 0.15) is 0 Å². The second-order valence-electron chi connectivity index (χ2n) is 6.40. The molecule has 0 heterocycles. The Balaban J connectivity index is 1.67. The van der Waals surface area contributed by atoms with E-state index in [0.717, 1.165) is 38.5 Å². The summed E-state index contributed by atoms with van der Waals surface area (Å²) in [4.78, 5) is 24.4. The largest absolute Gasteiger partial charge is 0.469 e. The molecule has 3 aliphatic carbocycles. The average Bonchev–Trinajstić information content (AvgIpc) is 3.08. The number of ether oxygens (including phenoxy) is 1. The van der Waals surface area contributed by atoms with Gasteiger partial charge in [0.15, 0.2) is 0 Å². The van der Waals surface area contributed by atoms with E-state index in [0.29, 0.717) is 11.8 Å².